The Balaban J connectivity index is 1.39. The van der Waals surface area contributed by atoms with E-state index in [1.54, 1.807) is 6.07 Å². The number of thiophene rings is 1. The lowest BCUT2D eigenvalue weighted by Crippen LogP contribution is -2.41. The fraction of sp³-hybridized carbons (Fsp3) is 0.478. The average Bonchev–Trinajstić information content (AvgIpc) is 3.29. The van der Waals surface area contributed by atoms with E-state index >= 15 is 0 Å². The molecule has 2 aliphatic rings. The van der Waals surface area contributed by atoms with E-state index in [1.165, 1.54) is 11.3 Å². The topological polar surface area (TPSA) is 82.8 Å². The standard InChI is InChI=1S/C23H27BN2O5S/c1-22(2)23(3,4)31-24(30-22)15-7-5-14(6-8-15)11-19-25-20-17(12-18(32-20)21(27)28)26(19)13-16-9-10-29-16/h5-8,12,16H,9-11,13H2,1-4H3,(H,27,28)/t16-/m0/s1. The summed E-state index contributed by atoms with van der Waals surface area (Å²) < 4.78 is 20.0. The molecule has 168 valence electrons. The van der Waals surface area contributed by atoms with Gasteiger partial charge in [-0.15, -0.1) is 11.3 Å². The van der Waals surface area contributed by atoms with E-state index in [2.05, 4.69) is 44.4 Å². The molecule has 4 heterocycles. The van der Waals surface area contributed by atoms with E-state index in [0.717, 1.165) is 40.2 Å². The highest BCUT2D eigenvalue weighted by molar-refractivity contribution is 7.20. The van der Waals surface area contributed by atoms with Crippen molar-refractivity contribution >= 4 is 40.2 Å². The van der Waals surface area contributed by atoms with E-state index in [0.29, 0.717) is 17.8 Å². The van der Waals surface area contributed by atoms with Crippen LogP contribution in [0.4, 0.5) is 0 Å². The largest absolute Gasteiger partial charge is 0.494 e. The molecule has 0 amide bonds. The first kappa shape index (κ1) is 21.6. The zero-order chi connectivity index (χ0) is 22.7. The van der Waals surface area contributed by atoms with Crippen molar-refractivity contribution in [3.05, 3.63) is 46.6 Å². The average molecular weight is 454 g/mol. The van der Waals surface area contributed by atoms with Crippen LogP contribution in [0, 0.1) is 0 Å². The Morgan fingerprint density at radius 2 is 1.88 bits per heavy atom. The molecule has 1 aromatic carbocycles. The SMILES string of the molecule is CC1(C)OB(c2ccc(Cc3nc4sc(C(=O)O)cc4n3C[C@@H]3CCO3)cc2)OC1(C)C. The molecule has 1 atom stereocenters. The van der Waals surface area contributed by atoms with Crippen LogP contribution >= 0.6 is 11.3 Å². The lowest BCUT2D eigenvalue weighted by molar-refractivity contribution is -0.0589. The zero-order valence-electron chi connectivity index (χ0n) is 18.8. The molecule has 1 N–H and O–H groups in total. The van der Waals surface area contributed by atoms with Gasteiger partial charge in [-0.05, 0) is 51.2 Å². The molecule has 7 nitrogen and oxygen atoms in total. The van der Waals surface area contributed by atoms with Gasteiger partial charge in [0.05, 0.1) is 29.4 Å². The number of fused-ring (bicyclic) bond motifs is 1. The predicted octanol–water partition coefficient (Wildman–Crippen LogP) is 3.47. The lowest BCUT2D eigenvalue weighted by atomic mass is 9.79. The Morgan fingerprint density at radius 3 is 2.44 bits per heavy atom. The first-order valence-corrected chi connectivity index (χ1v) is 11.7. The third-order valence-electron chi connectivity index (χ3n) is 6.78. The summed E-state index contributed by atoms with van der Waals surface area (Å²) in [4.78, 5) is 17.2. The van der Waals surface area contributed by atoms with Gasteiger partial charge in [0.15, 0.2) is 0 Å². The van der Waals surface area contributed by atoms with E-state index < -0.39 is 5.97 Å². The number of imidazole rings is 1. The number of rotatable bonds is 6. The van der Waals surface area contributed by atoms with Crippen molar-refractivity contribution in [2.24, 2.45) is 0 Å². The van der Waals surface area contributed by atoms with Gasteiger partial charge in [0.1, 0.15) is 15.5 Å². The Labute approximate surface area is 191 Å². The minimum absolute atomic E-state index is 0.157. The summed E-state index contributed by atoms with van der Waals surface area (Å²) in [6.45, 7) is 9.67. The van der Waals surface area contributed by atoms with Crippen LogP contribution in [0.15, 0.2) is 30.3 Å². The minimum Gasteiger partial charge on any atom is -0.477 e. The molecule has 2 fully saturated rings. The van der Waals surface area contributed by atoms with E-state index in [9.17, 15) is 9.90 Å². The smallest absolute Gasteiger partial charge is 0.477 e. The van der Waals surface area contributed by atoms with Gasteiger partial charge in [-0.3, -0.25) is 0 Å². The Bertz CT molecular complexity index is 1150. The third-order valence-corrected chi connectivity index (χ3v) is 7.79. The van der Waals surface area contributed by atoms with E-state index in [1.807, 2.05) is 12.1 Å². The number of carboxylic acids is 1. The van der Waals surface area contributed by atoms with Gasteiger partial charge in [-0.25, -0.2) is 9.78 Å². The number of carbonyl (C=O) groups is 1. The van der Waals surface area contributed by atoms with Crippen molar-refractivity contribution in [2.45, 2.75) is 64.4 Å². The predicted molar refractivity (Wildman–Crippen MR) is 124 cm³/mol. The summed E-state index contributed by atoms with van der Waals surface area (Å²) in [5, 5.41) is 9.35. The molecular weight excluding hydrogens is 427 g/mol. The Hall–Kier alpha value is -2.20. The number of ether oxygens (including phenoxy) is 1. The van der Waals surface area contributed by atoms with Crippen molar-refractivity contribution in [1.29, 1.82) is 0 Å². The Morgan fingerprint density at radius 1 is 1.22 bits per heavy atom. The van der Waals surface area contributed by atoms with Crippen molar-refractivity contribution in [2.75, 3.05) is 6.61 Å². The van der Waals surface area contributed by atoms with Crippen LogP contribution in [0.1, 0.15) is 55.2 Å². The van der Waals surface area contributed by atoms with Crippen LogP contribution in [0.25, 0.3) is 10.3 Å². The maximum atomic E-state index is 11.4. The number of aromatic carboxylic acids is 1. The second-order valence-corrected chi connectivity index (χ2v) is 10.6. The number of carboxylic acid groups (broad SMARTS) is 1. The van der Waals surface area contributed by atoms with Gasteiger partial charge < -0.3 is 23.7 Å². The fourth-order valence-corrected chi connectivity index (χ4v) is 4.88. The summed E-state index contributed by atoms with van der Waals surface area (Å²) in [6, 6.07) is 9.97. The first-order chi connectivity index (χ1) is 15.1. The molecule has 0 saturated carbocycles. The van der Waals surface area contributed by atoms with Crippen molar-refractivity contribution in [3.8, 4) is 0 Å². The fourth-order valence-electron chi connectivity index (χ4n) is 3.99. The van der Waals surface area contributed by atoms with Gasteiger partial charge in [0, 0.05) is 13.0 Å². The maximum Gasteiger partial charge on any atom is 0.494 e. The first-order valence-electron chi connectivity index (χ1n) is 10.9. The highest BCUT2D eigenvalue weighted by Crippen LogP contribution is 2.36. The van der Waals surface area contributed by atoms with Gasteiger partial charge in [0.2, 0.25) is 0 Å². The van der Waals surface area contributed by atoms with E-state index in [4.69, 9.17) is 19.0 Å². The van der Waals surface area contributed by atoms with Crippen LogP contribution in [0.2, 0.25) is 0 Å². The summed E-state index contributed by atoms with van der Waals surface area (Å²) in [5.41, 5.74) is 2.24. The second kappa shape index (κ2) is 7.69. The lowest BCUT2D eigenvalue weighted by Gasteiger charge is -2.32. The molecule has 0 radical (unpaired) electrons. The Kier molecular flexibility index (Phi) is 5.20. The molecule has 2 saturated heterocycles. The molecule has 3 aromatic rings. The van der Waals surface area contributed by atoms with Gasteiger partial charge >= 0.3 is 13.1 Å². The van der Waals surface area contributed by atoms with Gasteiger partial charge in [0.25, 0.3) is 0 Å². The van der Waals surface area contributed by atoms with Crippen LogP contribution in [-0.4, -0.2) is 51.7 Å². The summed E-state index contributed by atoms with van der Waals surface area (Å²) in [5.74, 6) is 0.00126. The number of nitrogens with zero attached hydrogens (tertiary/aromatic N) is 2. The molecule has 2 aromatic heterocycles. The zero-order valence-corrected chi connectivity index (χ0v) is 19.6. The number of aromatic nitrogens is 2. The normalized spacial score (nSPS) is 21.8. The minimum atomic E-state index is -0.917. The molecule has 9 heteroatoms. The molecule has 0 spiro atoms. The molecule has 32 heavy (non-hydrogen) atoms. The van der Waals surface area contributed by atoms with Crippen LogP contribution in [0.5, 0.6) is 0 Å². The maximum absolute atomic E-state index is 11.4. The summed E-state index contributed by atoms with van der Waals surface area (Å²) in [7, 11) is -0.383. The van der Waals surface area contributed by atoms with E-state index in [-0.39, 0.29) is 24.4 Å². The highest BCUT2D eigenvalue weighted by Gasteiger charge is 2.51. The monoisotopic (exact) mass is 454 g/mol. The van der Waals surface area contributed by atoms with Crippen molar-refractivity contribution < 1.29 is 23.9 Å². The molecule has 2 aliphatic heterocycles. The quantitative estimate of drug-likeness (QED) is 0.575. The van der Waals surface area contributed by atoms with Gasteiger partial charge in [-0.1, -0.05) is 24.3 Å². The molecule has 0 unspecified atom stereocenters. The van der Waals surface area contributed by atoms with Crippen molar-refractivity contribution in [1.82, 2.24) is 9.55 Å². The molecule has 5 rings (SSSR count). The molecule has 0 bridgehead atoms. The summed E-state index contributed by atoms with van der Waals surface area (Å²) >= 11 is 1.22. The number of benzene rings is 1. The van der Waals surface area contributed by atoms with Crippen LogP contribution < -0.4 is 5.46 Å². The van der Waals surface area contributed by atoms with Gasteiger partial charge in [-0.2, -0.15) is 0 Å². The second-order valence-electron chi connectivity index (χ2n) is 9.53. The third kappa shape index (κ3) is 3.77. The number of hydrogen-bond donors (Lipinski definition) is 1. The van der Waals surface area contributed by atoms with Crippen molar-refractivity contribution in [3.63, 3.8) is 0 Å². The summed E-state index contributed by atoms with van der Waals surface area (Å²) in [6.07, 6.45) is 1.82. The molecule has 0 aliphatic carbocycles. The van der Waals surface area contributed by atoms with Crippen LogP contribution in [-0.2, 0) is 27.0 Å². The molecular formula is C23H27BN2O5S. The van der Waals surface area contributed by atoms with Crippen LogP contribution in [0.3, 0.4) is 0 Å². The number of hydrogen-bond acceptors (Lipinski definition) is 6. The highest BCUT2D eigenvalue weighted by atomic mass is 32.1.